The fraction of sp³-hybridized carbons (Fsp3) is 0.200. The van der Waals surface area contributed by atoms with Crippen LogP contribution in [-0.2, 0) is 13.1 Å². The number of hydrogen-bond donors (Lipinski definition) is 2. The normalized spacial score (nSPS) is 12.4. The summed E-state index contributed by atoms with van der Waals surface area (Å²) in [5, 5.41) is 15.1. The molecule has 0 aliphatic rings. The van der Waals surface area contributed by atoms with Crippen molar-refractivity contribution in [2.24, 2.45) is 0 Å². The molecule has 0 radical (unpaired) electrons. The number of para-hydroxylation sites is 1. The van der Waals surface area contributed by atoms with Gasteiger partial charge in [-0.05, 0) is 35.2 Å². The van der Waals surface area contributed by atoms with Crippen LogP contribution in [0, 0.1) is 6.92 Å². The van der Waals surface area contributed by atoms with Gasteiger partial charge in [-0.3, -0.25) is 0 Å². The van der Waals surface area contributed by atoms with Crippen molar-refractivity contribution in [3.8, 4) is 0 Å². The highest BCUT2D eigenvalue weighted by Crippen LogP contribution is 2.23. The van der Waals surface area contributed by atoms with Crippen LogP contribution in [0.25, 0.3) is 10.9 Å². The molecule has 3 nitrogen and oxygen atoms in total. The highest BCUT2D eigenvalue weighted by molar-refractivity contribution is 5.84. The largest absolute Gasteiger partial charge is 0.387 e. The van der Waals surface area contributed by atoms with E-state index in [1.807, 2.05) is 30.3 Å². The fourth-order valence-corrected chi connectivity index (χ4v) is 3.70. The van der Waals surface area contributed by atoms with E-state index in [0.29, 0.717) is 6.54 Å². The van der Waals surface area contributed by atoms with Crippen molar-refractivity contribution in [2.45, 2.75) is 26.1 Å². The number of aliphatic hydroxyl groups is 1. The van der Waals surface area contributed by atoms with Gasteiger partial charge in [-0.1, -0.05) is 72.8 Å². The summed E-state index contributed by atoms with van der Waals surface area (Å²) in [6.07, 6.45) is 1.74. The van der Waals surface area contributed by atoms with Gasteiger partial charge in [0.1, 0.15) is 0 Å². The summed E-state index contributed by atoms with van der Waals surface area (Å²) in [6.45, 7) is 4.28. The molecule has 3 aromatic carbocycles. The molecule has 0 saturated carbocycles. The third-order valence-corrected chi connectivity index (χ3v) is 5.31. The van der Waals surface area contributed by atoms with Gasteiger partial charge in [-0.25, -0.2) is 0 Å². The Kier molecular flexibility index (Phi) is 5.56. The maximum absolute atomic E-state index is 10.4. The third-order valence-electron chi connectivity index (χ3n) is 5.31. The Bertz CT molecular complexity index is 1050. The van der Waals surface area contributed by atoms with Gasteiger partial charge in [0, 0.05) is 36.7 Å². The van der Waals surface area contributed by atoms with Crippen LogP contribution in [-0.4, -0.2) is 16.2 Å². The van der Waals surface area contributed by atoms with Crippen LogP contribution in [0.5, 0.6) is 0 Å². The van der Waals surface area contributed by atoms with Gasteiger partial charge in [-0.2, -0.15) is 0 Å². The zero-order chi connectivity index (χ0) is 19.3. The molecule has 3 heteroatoms. The second kappa shape index (κ2) is 8.42. The van der Waals surface area contributed by atoms with Gasteiger partial charge >= 0.3 is 0 Å². The second-order valence-corrected chi connectivity index (χ2v) is 7.28. The van der Waals surface area contributed by atoms with Crippen LogP contribution in [0.3, 0.4) is 0 Å². The van der Waals surface area contributed by atoms with Gasteiger partial charge in [0.25, 0.3) is 0 Å². The van der Waals surface area contributed by atoms with Crippen LogP contribution in [0.1, 0.15) is 28.4 Å². The number of rotatable bonds is 7. The molecule has 1 atom stereocenters. The Morgan fingerprint density at radius 2 is 1.57 bits per heavy atom. The van der Waals surface area contributed by atoms with Crippen LogP contribution in [0.2, 0.25) is 0 Å². The molecular weight excluding hydrogens is 344 g/mol. The molecule has 0 spiro atoms. The van der Waals surface area contributed by atoms with Gasteiger partial charge in [0.2, 0.25) is 0 Å². The van der Waals surface area contributed by atoms with Crippen molar-refractivity contribution in [2.75, 3.05) is 6.54 Å². The Labute approximate surface area is 166 Å². The number of aliphatic hydroxyl groups excluding tert-OH is 1. The second-order valence-electron chi connectivity index (χ2n) is 7.28. The minimum absolute atomic E-state index is 0.499. The average Bonchev–Trinajstić information content (AvgIpc) is 3.08. The lowest BCUT2D eigenvalue weighted by Crippen LogP contribution is -2.20. The Balaban J connectivity index is 1.51. The number of fused-ring (bicyclic) bond motifs is 1. The van der Waals surface area contributed by atoms with Crippen molar-refractivity contribution in [3.63, 3.8) is 0 Å². The number of aryl methyl sites for hydroxylation is 1. The first-order valence-electron chi connectivity index (χ1n) is 9.77. The average molecular weight is 370 g/mol. The lowest BCUT2D eigenvalue weighted by atomic mass is 10.1. The van der Waals surface area contributed by atoms with Gasteiger partial charge in [-0.15, -0.1) is 0 Å². The fourth-order valence-electron chi connectivity index (χ4n) is 3.70. The molecule has 1 heterocycles. The van der Waals surface area contributed by atoms with E-state index in [9.17, 15) is 5.11 Å². The number of benzene rings is 3. The first-order chi connectivity index (χ1) is 13.7. The van der Waals surface area contributed by atoms with Crippen molar-refractivity contribution in [1.82, 2.24) is 9.88 Å². The van der Waals surface area contributed by atoms with E-state index in [1.165, 1.54) is 27.6 Å². The lowest BCUT2D eigenvalue weighted by molar-refractivity contribution is 0.174. The third kappa shape index (κ3) is 4.01. The zero-order valence-corrected chi connectivity index (χ0v) is 16.2. The molecule has 0 amide bonds. The molecule has 0 saturated heterocycles. The van der Waals surface area contributed by atoms with Crippen molar-refractivity contribution < 1.29 is 5.11 Å². The molecular formula is C25H26N2O. The summed E-state index contributed by atoms with van der Waals surface area (Å²) in [4.78, 5) is 0. The van der Waals surface area contributed by atoms with E-state index in [1.54, 1.807) is 0 Å². The minimum atomic E-state index is -0.499. The van der Waals surface area contributed by atoms with Crippen LogP contribution in [0.15, 0.2) is 85.1 Å². The van der Waals surface area contributed by atoms with E-state index in [4.69, 9.17) is 0 Å². The zero-order valence-electron chi connectivity index (χ0n) is 16.2. The summed E-state index contributed by atoms with van der Waals surface area (Å²) in [7, 11) is 0. The maximum atomic E-state index is 10.4. The van der Waals surface area contributed by atoms with Crippen LogP contribution >= 0.6 is 0 Å². The van der Waals surface area contributed by atoms with Gasteiger partial charge in [0.05, 0.1) is 6.10 Å². The highest BCUT2D eigenvalue weighted by atomic mass is 16.3. The molecule has 4 rings (SSSR count). The molecule has 28 heavy (non-hydrogen) atoms. The molecule has 0 fully saturated rings. The molecule has 1 aromatic heterocycles. The molecule has 0 bridgehead atoms. The summed E-state index contributed by atoms with van der Waals surface area (Å²) in [5.74, 6) is 0. The summed E-state index contributed by atoms with van der Waals surface area (Å²) >= 11 is 0. The SMILES string of the molecule is Cc1ccccc1Cn1cc(CNC[C@@H](O)c2ccccc2)c2ccccc21. The van der Waals surface area contributed by atoms with Gasteiger partial charge in [0.15, 0.2) is 0 Å². The van der Waals surface area contributed by atoms with E-state index < -0.39 is 6.10 Å². The quantitative estimate of drug-likeness (QED) is 0.489. The van der Waals surface area contributed by atoms with E-state index in [0.717, 1.165) is 18.7 Å². The number of nitrogens with one attached hydrogen (secondary N) is 1. The van der Waals surface area contributed by atoms with Crippen LogP contribution < -0.4 is 5.32 Å². The van der Waals surface area contributed by atoms with E-state index in [2.05, 4.69) is 71.5 Å². The molecule has 4 aromatic rings. The Morgan fingerprint density at radius 1 is 0.857 bits per heavy atom. The van der Waals surface area contributed by atoms with E-state index >= 15 is 0 Å². The Morgan fingerprint density at radius 3 is 2.39 bits per heavy atom. The topological polar surface area (TPSA) is 37.2 Å². The number of nitrogens with zero attached hydrogens (tertiary/aromatic N) is 1. The highest BCUT2D eigenvalue weighted by Gasteiger charge is 2.11. The molecule has 0 aliphatic heterocycles. The molecule has 142 valence electrons. The van der Waals surface area contributed by atoms with Crippen molar-refractivity contribution in [1.29, 1.82) is 0 Å². The standard InChI is InChI=1S/C25H26N2O/c1-19-9-5-6-12-21(19)17-27-18-22(23-13-7-8-14-24(23)27)15-26-16-25(28)20-10-3-2-4-11-20/h2-14,18,25-26,28H,15-17H2,1H3/t25-/m1/s1. The predicted molar refractivity (Wildman–Crippen MR) is 115 cm³/mol. The van der Waals surface area contributed by atoms with Crippen molar-refractivity contribution >= 4 is 10.9 Å². The number of aromatic nitrogens is 1. The summed E-state index contributed by atoms with van der Waals surface area (Å²) < 4.78 is 2.32. The number of hydrogen-bond acceptors (Lipinski definition) is 2. The molecule has 0 aliphatic carbocycles. The lowest BCUT2D eigenvalue weighted by Gasteiger charge is -2.11. The summed E-state index contributed by atoms with van der Waals surface area (Å²) in [5.41, 5.74) is 6.08. The Hall–Kier alpha value is -2.88. The molecule has 2 N–H and O–H groups in total. The first kappa shape index (κ1) is 18.5. The van der Waals surface area contributed by atoms with E-state index in [-0.39, 0.29) is 0 Å². The minimum Gasteiger partial charge on any atom is -0.387 e. The van der Waals surface area contributed by atoms with Crippen LogP contribution in [0.4, 0.5) is 0 Å². The monoisotopic (exact) mass is 370 g/mol. The smallest absolute Gasteiger partial charge is 0.0914 e. The molecule has 0 unspecified atom stereocenters. The maximum Gasteiger partial charge on any atom is 0.0914 e. The first-order valence-corrected chi connectivity index (χ1v) is 9.77. The van der Waals surface area contributed by atoms with Crippen molar-refractivity contribution in [3.05, 3.63) is 107 Å². The predicted octanol–water partition coefficient (Wildman–Crippen LogP) is 4.82. The summed E-state index contributed by atoms with van der Waals surface area (Å²) in [6, 6.07) is 26.9. The van der Waals surface area contributed by atoms with Gasteiger partial charge < -0.3 is 15.0 Å².